The van der Waals surface area contributed by atoms with E-state index in [1.807, 2.05) is 18.2 Å². The number of β-amino-alcohol motifs (C(OH)–C–C–N with tert-alkyl or cyclic N) is 1. The number of aliphatic hydroxyl groups is 2. The number of piperidine rings is 1. The second-order valence-corrected chi connectivity index (χ2v) is 9.62. The summed E-state index contributed by atoms with van der Waals surface area (Å²) in [4.78, 5) is 38.7. The lowest BCUT2D eigenvalue weighted by Gasteiger charge is -2.36. The molecule has 11 heteroatoms. The van der Waals surface area contributed by atoms with Crippen LogP contribution in [0.3, 0.4) is 0 Å². The minimum Gasteiger partial charge on any atom is -0.497 e. The number of aromatic nitrogens is 3. The van der Waals surface area contributed by atoms with E-state index in [1.165, 1.54) is 24.1 Å². The molecule has 3 aromatic rings. The Morgan fingerprint density at radius 3 is 2.76 bits per heavy atom. The van der Waals surface area contributed by atoms with Gasteiger partial charge in [0.25, 0.3) is 5.91 Å². The van der Waals surface area contributed by atoms with Gasteiger partial charge in [0.15, 0.2) is 0 Å². The number of methoxy groups -OCH3 is 1. The summed E-state index contributed by atoms with van der Waals surface area (Å²) in [6, 6.07) is 5.02. The number of amides is 2. The van der Waals surface area contributed by atoms with Crippen LogP contribution < -0.4 is 14.8 Å². The van der Waals surface area contributed by atoms with Crippen molar-refractivity contribution in [2.24, 2.45) is 5.92 Å². The van der Waals surface area contributed by atoms with Gasteiger partial charge in [0, 0.05) is 24.3 Å². The fourth-order valence-electron chi connectivity index (χ4n) is 4.71. The third-order valence-electron chi connectivity index (χ3n) is 7.00. The number of carbonyl (C=O) groups is 2. The minimum atomic E-state index is -0.952. The molecule has 11 nitrogen and oxygen atoms in total. The normalized spacial score (nSPS) is 19.6. The largest absolute Gasteiger partial charge is 0.497 e. The Morgan fingerprint density at radius 1 is 1.24 bits per heavy atom. The van der Waals surface area contributed by atoms with Crippen molar-refractivity contribution in [2.75, 3.05) is 33.4 Å². The minimum absolute atomic E-state index is 0.0446. The number of rotatable bonds is 8. The van der Waals surface area contributed by atoms with Crippen LogP contribution in [0.2, 0.25) is 0 Å². The number of nitrogens with one attached hydrogen (secondary N) is 2. The van der Waals surface area contributed by atoms with Gasteiger partial charge in [-0.25, -0.2) is 9.97 Å². The van der Waals surface area contributed by atoms with Crippen LogP contribution in [0.4, 0.5) is 0 Å². The molecular formula is C26H31N5O6. The lowest BCUT2D eigenvalue weighted by molar-refractivity contribution is -0.137. The number of aliphatic hydroxyl groups excluding tert-OH is 2. The van der Waals surface area contributed by atoms with Gasteiger partial charge in [-0.15, -0.1) is 0 Å². The average molecular weight is 510 g/mol. The van der Waals surface area contributed by atoms with E-state index in [0.29, 0.717) is 65.0 Å². The van der Waals surface area contributed by atoms with Crippen molar-refractivity contribution in [3.8, 4) is 22.8 Å². The van der Waals surface area contributed by atoms with Crippen LogP contribution in [0.1, 0.15) is 35.3 Å². The number of H-pyrrole nitrogens is 1. The Hall–Kier alpha value is -3.70. The Balaban J connectivity index is 1.44. The van der Waals surface area contributed by atoms with E-state index < -0.39 is 24.7 Å². The fraction of sp³-hybridized carbons (Fsp3) is 0.462. The molecule has 1 saturated heterocycles. The molecule has 1 aliphatic carbocycles. The van der Waals surface area contributed by atoms with Crippen LogP contribution in [-0.4, -0.2) is 87.4 Å². The predicted octanol–water partition coefficient (Wildman–Crippen LogP) is 1.41. The number of ether oxygens (including phenoxy) is 2. The lowest BCUT2D eigenvalue weighted by atomic mass is 10.0. The van der Waals surface area contributed by atoms with Crippen LogP contribution in [0.15, 0.2) is 24.5 Å². The second-order valence-electron chi connectivity index (χ2n) is 9.62. The molecule has 0 radical (unpaired) electrons. The van der Waals surface area contributed by atoms with Gasteiger partial charge in [-0.3, -0.25) is 9.59 Å². The molecule has 4 N–H and O–H groups in total. The highest BCUT2D eigenvalue weighted by Crippen LogP contribution is 2.38. The summed E-state index contributed by atoms with van der Waals surface area (Å²) in [5.41, 5.74) is 3.35. The van der Waals surface area contributed by atoms with E-state index in [-0.39, 0.29) is 12.5 Å². The highest BCUT2D eigenvalue weighted by Gasteiger charge is 2.32. The first-order chi connectivity index (χ1) is 17.9. The maximum Gasteiger partial charge on any atom is 0.255 e. The highest BCUT2D eigenvalue weighted by molar-refractivity contribution is 6.09. The molecule has 2 amide bonds. The van der Waals surface area contributed by atoms with Crippen LogP contribution in [0.5, 0.6) is 11.5 Å². The van der Waals surface area contributed by atoms with E-state index in [1.54, 1.807) is 14.0 Å². The zero-order valence-electron chi connectivity index (χ0n) is 20.9. The van der Waals surface area contributed by atoms with Gasteiger partial charge in [-0.2, -0.15) is 0 Å². The zero-order chi connectivity index (χ0) is 26.1. The first-order valence-corrected chi connectivity index (χ1v) is 12.4. The fourth-order valence-corrected chi connectivity index (χ4v) is 4.71. The summed E-state index contributed by atoms with van der Waals surface area (Å²) in [6.07, 6.45) is 3.17. The summed E-state index contributed by atoms with van der Waals surface area (Å²) < 4.78 is 11.6. The molecule has 0 spiro atoms. The lowest BCUT2D eigenvalue weighted by Crippen LogP contribution is -2.55. The molecule has 2 atom stereocenters. The smallest absolute Gasteiger partial charge is 0.255 e. The molecule has 196 valence electrons. The number of carbonyl (C=O) groups excluding carboxylic acids is 2. The molecule has 5 rings (SSSR count). The Bertz CT molecular complexity index is 1320. The topological polar surface area (TPSA) is 150 Å². The monoisotopic (exact) mass is 509 g/mol. The van der Waals surface area contributed by atoms with E-state index >= 15 is 0 Å². The van der Waals surface area contributed by atoms with Crippen molar-refractivity contribution in [2.45, 2.75) is 38.3 Å². The zero-order valence-corrected chi connectivity index (χ0v) is 20.9. The summed E-state index contributed by atoms with van der Waals surface area (Å²) in [6.45, 7) is 2.19. The van der Waals surface area contributed by atoms with Crippen molar-refractivity contribution in [3.63, 3.8) is 0 Å². The number of hydrogen-bond donors (Lipinski definition) is 4. The van der Waals surface area contributed by atoms with Gasteiger partial charge in [-0.1, -0.05) is 0 Å². The molecule has 1 aliphatic heterocycles. The van der Waals surface area contributed by atoms with Gasteiger partial charge >= 0.3 is 0 Å². The van der Waals surface area contributed by atoms with Gasteiger partial charge in [-0.05, 0) is 50.3 Å². The summed E-state index contributed by atoms with van der Waals surface area (Å²) in [7, 11) is 1.60. The number of likely N-dealkylation sites (tertiary alicyclic amines) is 1. The standard InChI is InChI=1S/C26H31N5O6/c1-14-22(26(35)30-18-7-8-31(10-19(18)33)21(34)11-32)24-25(29-14)23(27-13-28-24)17-9-16(36-2)5-6-20(17)37-12-15-3-4-15/h5-6,9,13,15,18-19,29,32-33H,3-4,7-8,10-12H2,1-2H3,(H,30,35)/t18-,19+/m1/s1. The van der Waals surface area contributed by atoms with E-state index in [2.05, 4.69) is 20.3 Å². The second kappa shape index (κ2) is 10.3. The molecule has 37 heavy (non-hydrogen) atoms. The Labute approximate surface area is 213 Å². The van der Waals surface area contributed by atoms with Crippen molar-refractivity contribution in [1.82, 2.24) is 25.2 Å². The molecule has 0 unspecified atom stereocenters. The molecule has 1 aromatic carbocycles. The molecule has 2 fully saturated rings. The van der Waals surface area contributed by atoms with Crippen molar-refractivity contribution in [1.29, 1.82) is 0 Å². The summed E-state index contributed by atoms with van der Waals surface area (Å²) >= 11 is 0. The maximum absolute atomic E-state index is 13.4. The Kier molecular flexibility index (Phi) is 6.98. The first kappa shape index (κ1) is 25.0. The quantitative estimate of drug-likeness (QED) is 0.356. The summed E-state index contributed by atoms with van der Waals surface area (Å²) in [5.74, 6) is 1.08. The molecule has 3 heterocycles. The SMILES string of the molecule is COc1ccc(OCC2CC2)c(-c2ncnc3c(C(=O)N[C@@H]4CCN(C(=O)CO)C[C@@H]4O)c(C)[nH]c23)c1. The van der Waals surface area contributed by atoms with Crippen molar-refractivity contribution >= 4 is 22.8 Å². The number of fused-ring (bicyclic) bond motifs is 1. The maximum atomic E-state index is 13.4. The number of aryl methyl sites for hydroxylation is 1. The van der Waals surface area contributed by atoms with Crippen LogP contribution in [0.25, 0.3) is 22.3 Å². The predicted molar refractivity (Wildman–Crippen MR) is 134 cm³/mol. The van der Waals surface area contributed by atoms with Gasteiger partial charge in [0.1, 0.15) is 35.6 Å². The molecule has 2 aromatic heterocycles. The number of hydrogen-bond acceptors (Lipinski definition) is 8. The van der Waals surface area contributed by atoms with Gasteiger partial charge in [0.2, 0.25) is 5.91 Å². The average Bonchev–Trinajstić information content (AvgIpc) is 3.67. The van der Waals surface area contributed by atoms with E-state index in [0.717, 1.165) is 5.56 Å². The first-order valence-electron chi connectivity index (χ1n) is 12.4. The summed E-state index contributed by atoms with van der Waals surface area (Å²) in [5, 5.41) is 22.5. The number of nitrogens with zero attached hydrogens (tertiary/aromatic N) is 3. The van der Waals surface area contributed by atoms with Crippen LogP contribution in [-0.2, 0) is 4.79 Å². The molecule has 2 aliphatic rings. The van der Waals surface area contributed by atoms with E-state index in [9.17, 15) is 14.7 Å². The van der Waals surface area contributed by atoms with Crippen LogP contribution in [0, 0.1) is 12.8 Å². The number of benzene rings is 1. The molecule has 0 bridgehead atoms. The third-order valence-corrected chi connectivity index (χ3v) is 7.00. The third kappa shape index (κ3) is 5.09. The Morgan fingerprint density at radius 2 is 2.05 bits per heavy atom. The van der Waals surface area contributed by atoms with Crippen molar-refractivity contribution < 1.29 is 29.3 Å². The van der Waals surface area contributed by atoms with E-state index in [4.69, 9.17) is 14.6 Å². The highest BCUT2D eigenvalue weighted by atomic mass is 16.5. The van der Waals surface area contributed by atoms with Crippen molar-refractivity contribution in [3.05, 3.63) is 35.8 Å². The molecular weight excluding hydrogens is 478 g/mol. The van der Waals surface area contributed by atoms with Gasteiger partial charge in [0.05, 0.1) is 36.9 Å². The van der Waals surface area contributed by atoms with Crippen LogP contribution >= 0.6 is 0 Å². The molecule has 1 saturated carbocycles. The van der Waals surface area contributed by atoms with Gasteiger partial charge < -0.3 is 34.9 Å². The number of aromatic amines is 1.